The number of pyridine rings is 1. The van der Waals surface area contributed by atoms with Crippen molar-refractivity contribution in [3.8, 4) is 50.2 Å². The molecule has 0 amide bonds. The van der Waals surface area contributed by atoms with Gasteiger partial charge in [0.25, 0.3) is 5.56 Å². The van der Waals surface area contributed by atoms with Gasteiger partial charge in [0.1, 0.15) is 0 Å². The summed E-state index contributed by atoms with van der Waals surface area (Å²) in [5, 5.41) is 2.26. The van der Waals surface area contributed by atoms with Crippen molar-refractivity contribution < 1.29 is 8.42 Å². The summed E-state index contributed by atoms with van der Waals surface area (Å²) in [6.07, 6.45) is 0. The van der Waals surface area contributed by atoms with Crippen LogP contribution in [-0.2, 0) is 9.84 Å². The van der Waals surface area contributed by atoms with Crippen LogP contribution in [0, 0.1) is 0 Å². The molecule has 0 atom stereocenters. The summed E-state index contributed by atoms with van der Waals surface area (Å²) in [5.41, 5.74) is 7.36. The molecule has 0 aliphatic carbocycles. The third-order valence-corrected chi connectivity index (χ3v) is 11.2. The Morgan fingerprint density at radius 2 is 0.917 bits per heavy atom. The van der Waals surface area contributed by atoms with Gasteiger partial charge in [-0.05, 0) is 70.1 Å². The van der Waals surface area contributed by atoms with E-state index in [-0.39, 0.29) is 15.4 Å². The van der Waals surface area contributed by atoms with Crippen LogP contribution in [0.15, 0.2) is 178 Å². The van der Waals surface area contributed by atoms with E-state index < -0.39 is 9.84 Å². The van der Waals surface area contributed by atoms with Crippen LogP contribution < -0.4 is 5.56 Å². The maximum absolute atomic E-state index is 14.9. The molecule has 1 aromatic heterocycles. The lowest BCUT2D eigenvalue weighted by molar-refractivity contribution is 0.596. The highest BCUT2D eigenvalue weighted by molar-refractivity contribution is 7.91. The number of fused-ring (bicyclic) bond motifs is 8. The molecule has 8 aromatic rings. The van der Waals surface area contributed by atoms with Crippen LogP contribution in [-0.4, -0.2) is 13.0 Å². The molecule has 0 saturated carbocycles. The summed E-state index contributed by atoms with van der Waals surface area (Å²) < 4.78 is 31.6. The zero-order valence-corrected chi connectivity index (χ0v) is 26.5. The highest BCUT2D eigenvalue weighted by atomic mass is 32.2. The van der Waals surface area contributed by atoms with Crippen LogP contribution in [0.1, 0.15) is 0 Å². The SMILES string of the molecule is O=c1c2ccccc2c2cc(-c3ccccc3)cc3c2n1-c1ccc(-c2ccccc2)cc1-c1ccccc1S(=O)(=O)c1ccccc1-3. The van der Waals surface area contributed by atoms with Gasteiger partial charge in [0.15, 0.2) is 0 Å². The van der Waals surface area contributed by atoms with Crippen LogP contribution in [0.2, 0.25) is 0 Å². The normalized spacial score (nSPS) is 13.0. The predicted molar refractivity (Wildman–Crippen MR) is 194 cm³/mol. The number of nitrogens with zero attached hydrogens (tertiary/aromatic N) is 1. The first kappa shape index (κ1) is 28.2. The number of hydrogen-bond donors (Lipinski definition) is 0. The fraction of sp³-hybridized carbons (Fsp3) is 0. The van der Waals surface area contributed by atoms with E-state index in [0.29, 0.717) is 38.8 Å². The van der Waals surface area contributed by atoms with Crippen LogP contribution in [0.4, 0.5) is 0 Å². The van der Waals surface area contributed by atoms with Crippen LogP contribution in [0.5, 0.6) is 0 Å². The van der Waals surface area contributed by atoms with Crippen molar-refractivity contribution in [2.24, 2.45) is 0 Å². The molecule has 4 nitrogen and oxygen atoms in total. The van der Waals surface area contributed by atoms with Gasteiger partial charge in [0.2, 0.25) is 9.84 Å². The summed E-state index contributed by atoms with van der Waals surface area (Å²) in [6, 6.07) is 52.1. The van der Waals surface area contributed by atoms with Gasteiger partial charge in [-0.2, -0.15) is 0 Å². The van der Waals surface area contributed by atoms with E-state index >= 15 is 0 Å². The molecule has 0 unspecified atom stereocenters. The fourth-order valence-electron chi connectivity index (χ4n) is 7.16. The summed E-state index contributed by atoms with van der Waals surface area (Å²) >= 11 is 0. The predicted octanol–water partition coefficient (Wildman–Crippen LogP) is 9.96. The molecule has 7 aromatic carbocycles. The summed E-state index contributed by atoms with van der Waals surface area (Å²) in [6.45, 7) is 0. The summed E-state index contributed by atoms with van der Waals surface area (Å²) in [5.74, 6) is 0. The maximum atomic E-state index is 14.9. The van der Waals surface area contributed by atoms with Crippen molar-refractivity contribution in [3.63, 3.8) is 0 Å². The standard InChI is InChI=1S/C43H27NO3S/c45-43-35-20-8-7-17-32(35)37-26-31(29-15-5-2-6-16-29)27-38-34-19-10-12-22-41(34)48(46,47)40-21-11-9-18-33(40)36-25-30(28-13-3-1-4-14-28)23-24-39(36)44(43)42(37)38/h1-27H. The molecule has 0 N–H and O–H groups in total. The number of hydrogen-bond acceptors (Lipinski definition) is 3. The van der Waals surface area contributed by atoms with Crippen molar-refractivity contribution in [1.29, 1.82) is 0 Å². The second-order valence-corrected chi connectivity index (χ2v) is 14.0. The van der Waals surface area contributed by atoms with Crippen LogP contribution >= 0.6 is 0 Å². The van der Waals surface area contributed by atoms with Gasteiger partial charge >= 0.3 is 0 Å². The van der Waals surface area contributed by atoms with E-state index in [1.54, 1.807) is 28.8 Å². The first-order valence-electron chi connectivity index (χ1n) is 15.8. The first-order chi connectivity index (χ1) is 23.5. The van der Waals surface area contributed by atoms with Gasteiger partial charge in [0.05, 0.1) is 21.0 Å². The summed E-state index contributed by atoms with van der Waals surface area (Å²) in [7, 11) is -4.04. The lowest BCUT2D eigenvalue weighted by Gasteiger charge is -2.24. The van der Waals surface area contributed by atoms with Gasteiger partial charge in [-0.15, -0.1) is 0 Å². The average Bonchev–Trinajstić information content (AvgIpc) is 3.15. The van der Waals surface area contributed by atoms with E-state index in [9.17, 15) is 13.2 Å². The molecule has 0 bridgehead atoms. The fourth-order valence-corrected chi connectivity index (χ4v) is 8.85. The Kier molecular flexibility index (Phi) is 6.32. The molecule has 2 heterocycles. The first-order valence-corrected chi connectivity index (χ1v) is 17.3. The molecule has 0 radical (unpaired) electrons. The van der Waals surface area contributed by atoms with Crippen LogP contribution in [0.3, 0.4) is 0 Å². The minimum absolute atomic E-state index is 0.168. The molecule has 0 saturated heterocycles. The quantitative estimate of drug-likeness (QED) is 0.177. The lowest BCUT2D eigenvalue weighted by Crippen LogP contribution is -2.21. The molecular weight excluding hydrogens is 611 g/mol. The van der Waals surface area contributed by atoms with E-state index in [4.69, 9.17) is 0 Å². The van der Waals surface area contributed by atoms with Crippen molar-refractivity contribution in [2.75, 3.05) is 0 Å². The molecule has 0 fully saturated rings. The minimum atomic E-state index is -4.04. The Bertz CT molecular complexity index is 2750. The molecular formula is C43H27NO3S. The van der Waals surface area contributed by atoms with Crippen molar-refractivity contribution >= 4 is 31.5 Å². The molecule has 0 spiro atoms. The Hall–Kier alpha value is -6.04. The number of aromatic nitrogens is 1. The maximum Gasteiger partial charge on any atom is 0.263 e. The van der Waals surface area contributed by atoms with E-state index in [2.05, 4.69) is 6.07 Å². The van der Waals surface area contributed by atoms with E-state index in [1.807, 2.05) is 133 Å². The topological polar surface area (TPSA) is 56.1 Å². The molecule has 1 aliphatic heterocycles. The van der Waals surface area contributed by atoms with Gasteiger partial charge in [-0.1, -0.05) is 121 Å². The second-order valence-electron chi connectivity index (χ2n) is 12.1. The zero-order valence-electron chi connectivity index (χ0n) is 25.7. The number of sulfone groups is 1. The summed E-state index contributed by atoms with van der Waals surface area (Å²) in [4.78, 5) is 15.3. The largest absolute Gasteiger partial charge is 0.275 e. The molecule has 9 rings (SSSR count). The monoisotopic (exact) mass is 637 g/mol. The molecule has 228 valence electrons. The smallest absolute Gasteiger partial charge is 0.263 e. The third-order valence-electron chi connectivity index (χ3n) is 9.37. The Balaban J connectivity index is 1.56. The Morgan fingerprint density at radius 3 is 1.58 bits per heavy atom. The van der Waals surface area contributed by atoms with Crippen molar-refractivity contribution in [1.82, 2.24) is 4.57 Å². The van der Waals surface area contributed by atoms with Gasteiger partial charge in [0, 0.05) is 33.0 Å². The van der Waals surface area contributed by atoms with Gasteiger partial charge in [-0.25, -0.2) is 8.42 Å². The van der Waals surface area contributed by atoms with E-state index in [0.717, 1.165) is 33.0 Å². The third kappa shape index (κ3) is 4.21. The zero-order chi connectivity index (χ0) is 32.4. The Morgan fingerprint density at radius 1 is 0.396 bits per heavy atom. The highest BCUT2D eigenvalue weighted by Gasteiger charge is 2.30. The van der Waals surface area contributed by atoms with Crippen molar-refractivity contribution in [3.05, 3.63) is 174 Å². The molecule has 1 aliphatic rings. The highest BCUT2D eigenvalue weighted by Crippen LogP contribution is 2.45. The average molecular weight is 638 g/mol. The van der Waals surface area contributed by atoms with Gasteiger partial charge in [-0.3, -0.25) is 9.36 Å². The molecule has 5 heteroatoms. The minimum Gasteiger partial charge on any atom is -0.275 e. The lowest BCUT2D eigenvalue weighted by atomic mass is 9.92. The Labute approximate surface area is 277 Å². The van der Waals surface area contributed by atoms with Crippen LogP contribution in [0.25, 0.3) is 71.9 Å². The second kappa shape index (κ2) is 10.8. The number of rotatable bonds is 2. The number of benzene rings is 7. The van der Waals surface area contributed by atoms with E-state index in [1.165, 1.54) is 0 Å². The van der Waals surface area contributed by atoms with Gasteiger partial charge < -0.3 is 0 Å². The van der Waals surface area contributed by atoms with Crippen molar-refractivity contribution in [2.45, 2.75) is 9.79 Å². The molecule has 48 heavy (non-hydrogen) atoms.